The molecule has 0 bridgehead atoms. The molecule has 2 nitrogen and oxygen atoms in total. The molecule has 0 aliphatic heterocycles. The summed E-state index contributed by atoms with van der Waals surface area (Å²) in [4.78, 5) is 12.6. The van der Waals surface area contributed by atoms with Gasteiger partial charge in [-0.2, -0.15) is 0 Å². The summed E-state index contributed by atoms with van der Waals surface area (Å²) in [6.07, 6.45) is 0. The van der Waals surface area contributed by atoms with Crippen molar-refractivity contribution in [2.45, 2.75) is 19.8 Å². The number of carbonyl (C=O) groups excluding carboxylic acids is 1. The monoisotopic (exact) mass is 413 g/mol. The molecule has 2 aromatic rings. The van der Waals surface area contributed by atoms with Crippen LogP contribution in [0.1, 0.15) is 25.3 Å². The van der Waals surface area contributed by atoms with Gasteiger partial charge in [0.1, 0.15) is 0 Å². The zero-order valence-electron chi connectivity index (χ0n) is 11.9. The van der Waals surface area contributed by atoms with E-state index >= 15 is 0 Å². The summed E-state index contributed by atoms with van der Waals surface area (Å²) in [5.41, 5.74) is 1.80. The summed E-state index contributed by atoms with van der Waals surface area (Å²) < 4.78 is 1.14. The number of carbonyl (C=O) groups is 1. The Kier molecular flexibility index (Phi) is 5.65. The van der Waals surface area contributed by atoms with Crippen LogP contribution in [0.25, 0.3) is 0 Å². The maximum atomic E-state index is 12.6. The second kappa shape index (κ2) is 7.27. The standard InChI is InChI=1S/C17H17ClINO/c1-11(2)16(12-3-5-13(18)6-4-12)17(21)20-15-9-7-14(19)8-10-15/h3-11,16H,1-2H3,(H,20,21)/t16-/m1/s1. The second-order valence-electron chi connectivity index (χ2n) is 5.27. The van der Waals surface area contributed by atoms with Gasteiger partial charge in [-0.25, -0.2) is 0 Å². The molecule has 0 aromatic heterocycles. The maximum Gasteiger partial charge on any atom is 0.232 e. The summed E-state index contributed by atoms with van der Waals surface area (Å²) in [7, 11) is 0. The lowest BCUT2D eigenvalue weighted by Crippen LogP contribution is -2.25. The number of halogens is 2. The van der Waals surface area contributed by atoms with E-state index in [2.05, 4.69) is 27.9 Å². The molecule has 1 amide bonds. The van der Waals surface area contributed by atoms with Crippen molar-refractivity contribution in [3.05, 3.63) is 62.7 Å². The third kappa shape index (κ3) is 4.45. The molecule has 21 heavy (non-hydrogen) atoms. The van der Waals surface area contributed by atoms with E-state index in [1.807, 2.05) is 62.4 Å². The third-order valence-electron chi connectivity index (χ3n) is 3.29. The van der Waals surface area contributed by atoms with E-state index in [-0.39, 0.29) is 17.7 Å². The van der Waals surface area contributed by atoms with E-state index in [1.165, 1.54) is 0 Å². The molecule has 4 heteroatoms. The van der Waals surface area contributed by atoms with Crippen LogP contribution in [-0.4, -0.2) is 5.91 Å². The van der Waals surface area contributed by atoms with Gasteiger partial charge in [-0.15, -0.1) is 0 Å². The Bertz CT molecular complexity index is 608. The normalized spacial score (nSPS) is 12.2. The van der Waals surface area contributed by atoms with Crippen LogP contribution in [0.3, 0.4) is 0 Å². The van der Waals surface area contributed by atoms with Gasteiger partial charge in [0, 0.05) is 14.3 Å². The first kappa shape index (κ1) is 16.3. The van der Waals surface area contributed by atoms with Crippen LogP contribution < -0.4 is 5.32 Å². The fourth-order valence-corrected chi connectivity index (χ4v) is 2.75. The lowest BCUT2D eigenvalue weighted by atomic mass is 9.87. The lowest BCUT2D eigenvalue weighted by Gasteiger charge is -2.21. The molecular formula is C17H17ClINO. The van der Waals surface area contributed by atoms with Crippen LogP contribution in [-0.2, 0) is 4.79 Å². The summed E-state index contributed by atoms with van der Waals surface area (Å²) >= 11 is 8.16. The van der Waals surface area contributed by atoms with Crippen LogP contribution in [0.2, 0.25) is 5.02 Å². The molecule has 0 aliphatic carbocycles. The van der Waals surface area contributed by atoms with E-state index in [4.69, 9.17) is 11.6 Å². The highest BCUT2D eigenvalue weighted by molar-refractivity contribution is 14.1. The predicted octanol–water partition coefficient (Wildman–Crippen LogP) is 5.32. The lowest BCUT2D eigenvalue weighted by molar-refractivity contribution is -0.118. The van der Waals surface area contributed by atoms with Crippen LogP contribution in [0.15, 0.2) is 48.5 Å². The fourth-order valence-electron chi connectivity index (χ4n) is 2.26. The number of hydrogen-bond acceptors (Lipinski definition) is 1. The zero-order valence-corrected chi connectivity index (χ0v) is 14.9. The summed E-state index contributed by atoms with van der Waals surface area (Å²) in [6.45, 7) is 4.10. The smallest absolute Gasteiger partial charge is 0.232 e. The average molecular weight is 414 g/mol. The zero-order chi connectivity index (χ0) is 15.4. The third-order valence-corrected chi connectivity index (χ3v) is 4.26. The van der Waals surface area contributed by atoms with E-state index in [0.717, 1.165) is 14.8 Å². The van der Waals surface area contributed by atoms with E-state index in [0.29, 0.717) is 5.02 Å². The first-order valence-electron chi connectivity index (χ1n) is 6.79. The Balaban J connectivity index is 2.19. The highest BCUT2D eigenvalue weighted by atomic mass is 127. The molecule has 0 saturated carbocycles. The molecule has 1 N–H and O–H groups in total. The Hall–Kier alpha value is -1.07. The molecule has 0 heterocycles. The Morgan fingerprint density at radius 2 is 1.62 bits per heavy atom. The van der Waals surface area contributed by atoms with Crippen molar-refractivity contribution < 1.29 is 4.79 Å². The van der Waals surface area contributed by atoms with Gasteiger partial charge in [-0.05, 0) is 70.5 Å². The molecule has 1 atom stereocenters. The van der Waals surface area contributed by atoms with Crippen molar-refractivity contribution in [3.63, 3.8) is 0 Å². The Morgan fingerprint density at radius 3 is 2.14 bits per heavy atom. The Labute approximate surface area is 144 Å². The van der Waals surface area contributed by atoms with Crippen molar-refractivity contribution in [1.29, 1.82) is 0 Å². The summed E-state index contributed by atoms with van der Waals surface area (Å²) in [5, 5.41) is 3.67. The van der Waals surface area contributed by atoms with Gasteiger partial charge in [-0.3, -0.25) is 4.79 Å². The maximum absolute atomic E-state index is 12.6. The number of benzene rings is 2. The van der Waals surface area contributed by atoms with Crippen LogP contribution in [0.5, 0.6) is 0 Å². The van der Waals surface area contributed by atoms with Crippen LogP contribution in [0, 0.1) is 9.49 Å². The number of nitrogens with one attached hydrogen (secondary N) is 1. The van der Waals surface area contributed by atoms with Crippen molar-refractivity contribution >= 4 is 45.8 Å². The molecule has 0 saturated heterocycles. The summed E-state index contributed by atoms with van der Waals surface area (Å²) in [6, 6.07) is 15.3. The first-order valence-corrected chi connectivity index (χ1v) is 8.25. The quantitative estimate of drug-likeness (QED) is 0.675. The molecular weight excluding hydrogens is 397 g/mol. The van der Waals surface area contributed by atoms with E-state index in [9.17, 15) is 4.79 Å². The van der Waals surface area contributed by atoms with Crippen LogP contribution in [0.4, 0.5) is 5.69 Å². The number of amides is 1. The molecule has 2 aromatic carbocycles. The average Bonchev–Trinajstić information content (AvgIpc) is 2.43. The molecule has 0 aliphatic rings. The van der Waals surface area contributed by atoms with Crippen molar-refractivity contribution in [1.82, 2.24) is 0 Å². The summed E-state index contributed by atoms with van der Waals surface area (Å²) in [5.74, 6) is 0.0186. The topological polar surface area (TPSA) is 29.1 Å². The van der Waals surface area contributed by atoms with E-state index in [1.54, 1.807) is 0 Å². The molecule has 0 spiro atoms. The number of hydrogen-bond donors (Lipinski definition) is 1. The van der Waals surface area contributed by atoms with Crippen molar-refractivity contribution in [2.75, 3.05) is 5.32 Å². The van der Waals surface area contributed by atoms with Crippen molar-refractivity contribution in [2.24, 2.45) is 5.92 Å². The number of rotatable bonds is 4. The van der Waals surface area contributed by atoms with Gasteiger partial charge in [-0.1, -0.05) is 37.6 Å². The molecule has 0 radical (unpaired) electrons. The fraction of sp³-hybridized carbons (Fsp3) is 0.235. The highest BCUT2D eigenvalue weighted by Crippen LogP contribution is 2.27. The van der Waals surface area contributed by atoms with Crippen LogP contribution >= 0.6 is 34.2 Å². The molecule has 0 fully saturated rings. The predicted molar refractivity (Wildman–Crippen MR) is 96.8 cm³/mol. The second-order valence-corrected chi connectivity index (χ2v) is 6.95. The van der Waals surface area contributed by atoms with Gasteiger partial charge < -0.3 is 5.32 Å². The first-order chi connectivity index (χ1) is 9.97. The Morgan fingerprint density at radius 1 is 1.05 bits per heavy atom. The van der Waals surface area contributed by atoms with Gasteiger partial charge in [0.25, 0.3) is 0 Å². The minimum Gasteiger partial charge on any atom is -0.326 e. The van der Waals surface area contributed by atoms with E-state index < -0.39 is 0 Å². The number of anilines is 1. The minimum atomic E-state index is -0.193. The highest BCUT2D eigenvalue weighted by Gasteiger charge is 2.24. The molecule has 110 valence electrons. The SMILES string of the molecule is CC(C)[C@@H](C(=O)Nc1ccc(I)cc1)c1ccc(Cl)cc1. The van der Waals surface area contributed by atoms with Crippen molar-refractivity contribution in [3.8, 4) is 0 Å². The minimum absolute atomic E-state index is 0.00790. The molecule has 2 rings (SSSR count). The molecule has 0 unspecified atom stereocenters. The largest absolute Gasteiger partial charge is 0.326 e. The van der Waals surface area contributed by atoms with Gasteiger partial charge in [0.05, 0.1) is 5.92 Å². The van der Waals surface area contributed by atoms with Gasteiger partial charge in [0.2, 0.25) is 5.91 Å². The van der Waals surface area contributed by atoms with Gasteiger partial charge in [0.15, 0.2) is 0 Å². The van der Waals surface area contributed by atoms with Gasteiger partial charge >= 0.3 is 0 Å².